The van der Waals surface area contributed by atoms with Crippen LogP contribution in [0.15, 0.2) is 42.6 Å². The molecular weight excluding hydrogens is 383 g/mol. The lowest BCUT2D eigenvalue weighted by Crippen LogP contribution is -2.39. The molecule has 1 saturated carbocycles. The molecule has 0 aliphatic heterocycles. The Hall–Kier alpha value is -3.26. The monoisotopic (exact) mass is 408 g/mol. The Morgan fingerprint density at radius 1 is 1.27 bits per heavy atom. The Labute approximate surface area is 174 Å². The van der Waals surface area contributed by atoms with Crippen LogP contribution in [0.3, 0.4) is 0 Å². The highest BCUT2D eigenvalue weighted by Crippen LogP contribution is 2.35. The fourth-order valence-electron chi connectivity index (χ4n) is 3.46. The first kappa shape index (κ1) is 20.0. The van der Waals surface area contributed by atoms with Crippen molar-refractivity contribution < 1.29 is 9.18 Å². The maximum Gasteiger partial charge on any atom is 0.252 e. The second-order valence-corrected chi connectivity index (χ2v) is 7.90. The van der Waals surface area contributed by atoms with Gasteiger partial charge in [-0.2, -0.15) is 0 Å². The van der Waals surface area contributed by atoms with Crippen LogP contribution in [0.5, 0.6) is 0 Å². The van der Waals surface area contributed by atoms with Gasteiger partial charge in [-0.15, -0.1) is 0 Å². The molecule has 1 aliphatic rings. The molecule has 8 heteroatoms. The number of carbonyl (C=O) groups excluding carboxylic acids is 1. The van der Waals surface area contributed by atoms with Gasteiger partial charge in [0.15, 0.2) is 11.6 Å². The van der Waals surface area contributed by atoms with Gasteiger partial charge in [-0.25, -0.2) is 9.37 Å². The van der Waals surface area contributed by atoms with E-state index in [4.69, 9.17) is 11.5 Å². The van der Waals surface area contributed by atoms with Crippen LogP contribution in [0.4, 0.5) is 21.7 Å². The summed E-state index contributed by atoms with van der Waals surface area (Å²) in [5.74, 6) is -0.555. The average Bonchev–Trinajstić information content (AvgIpc) is 3.53. The van der Waals surface area contributed by atoms with Crippen molar-refractivity contribution in [1.82, 2.24) is 9.97 Å². The quantitative estimate of drug-likeness (QED) is 0.453. The normalized spacial score (nSPS) is 15.6. The van der Waals surface area contributed by atoms with Crippen LogP contribution in [-0.2, 0) is 0 Å². The fourth-order valence-corrected chi connectivity index (χ4v) is 3.46. The molecule has 1 amide bonds. The zero-order chi connectivity index (χ0) is 21.3. The van der Waals surface area contributed by atoms with Gasteiger partial charge in [0.1, 0.15) is 5.82 Å². The molecule has 3 aromatic rings. The summed E-state index contributed by atoms with van der Waals surface area (Å²) in [7, 11) is 0. The molecule has 1 unspecified atom stereocenters. The van der Waals surface area contributed by atoms with Gasteiger partial charge in [0.25, 0.3) is 5.91 Å². The third-order valence-electron chi connectivity index (χ3n) is 5.35. The van der Waals surface area contributed by atoms with E-state index in [0.717, 1.165) is 23.4 Å². The third-order valence-corrected chi connectivity index (χ3v) is 5.35. The molecular formula is C22H25FN6O. The van der Waals surface area contributed by atoms with Crippen molar-refractivity contribution in [2.24, 2.45) is 17.4 Å². The number of aromatic nitrogens is 2. The van der Waals surface area contributed by atoms with Gasteiger partial charge in [-0.05, 0) is 49.6 Å². The van der Waals surface area contributed by atoms with Crippen molar-refractivity contribution in [3.8, 4) is 0 Å². The predicted molar refractivity (Wildman–Crippen MR) is 116 cm³/mol. The van der Waals surface area contributed by atoms with Gasteiger partial charge >= 0.3 is 0 Å². The van der Waals surface area contributed by atoms with Crippen molar-refractivity contribution in [3.63, 3.8) is 0 Å². The minimum atomic E-state index is -0.764. The van der Waals surface area contributed by atoms with E-state index in [-0.39, 0.29) is 29.3 Å². The number of amides is 1. The number of nitrogens with two attached hydrogens (primary N) is 2. The molecule has 2 heterocycles. The van der Waals surface area contributed by atoms with Gasteiger partial charge in [0.05, 0.1) is 11.1 Å². The third kappa shape index (κ3) is 4.49. The van der Waals surface area contributed by atoms with Crippen LogP contribution >= 0.6 is 0 Å². The molecule has 4 rings (SSSR count). The predicted octanol–water partition coefficient (Wildman–Crippen LogP) is 3.54. The number of primary amides is 1. The van der Waals surface area contributed by atoms with E-state index in [1.165, 1.54) is 12.8 Å². The van der Waals surface area contributed by atoms with Crippen molar-refractivity contribution in [2.45, 2.75) is 38.3 Å². The van der Waals surface area contributed by atoms with E-state index in [1.807, 2.05) is 37.3 Å². The molecule has 0 saturated heterocycles. The van der Waals surface area contributed by atoms with Gasteiger partial charge in [-0.3, -0.25) is 9.78 Å². The molecule has 6 N–H and O–H groups in total. The summed E-state index contributed by atoms with van der Waals surface area (Å²) in [5, 5.41) is 7.14. The first-order valence-corrected chi connectivity index (χ1v) is 10.0. The van der Waals surface area contributed by atoms with Crippen LogP contribution in [0.1, 0.15) is 36.5 Å². The molecule has 2 aromatic heterocycles. The minimum Gasteiger partial charge on any atom is -0.365 e. The maximum absolute atomic E-state index is 14.7. The van der Waals surface area contributed by atoms with Crippen LogP contribution in [0.25, 0.3) is 10.9 Å². The Bertz CT molecular complexity index is 1080. The SMILES string of the molecule is C[C@H](N)C(CC1CC1)Nc1nc(Nc2ccc3ncccc3c2)c(C(N)=O)cc1F. The van der Waals surface area contributed by atoms with Crippen molar-refractivity contribution in [2.75, 3.05) is 10.6 Å². The number of rotatable bonds is 8. The molecule has 30 heavy (non-hydrogen) atoms. The Morgan fingerprint density at radius 3 is 2.77 bits per heavy atom. The molecule has 1 aliphatic carbocycles. The van der Waals surface area contributed by atoms with E-state index in [2.05, 4.69) is 20.6 Å². The van der Waals surface area contributed by atoms with Crippen LogP contribution < -0.4 is 22.1 Å². The average molecular weight is 408 g/mol. The molecule has 7 nitrogen and oxygen atoms in total. The zero-order valence-corrected chi connectivity index (χ0v) is 16.7. The summed E-state index contributed by atoms with van der Waals surface area (Å²) >= 11 is 0. The highest BCUT2D eigenvalue weighted by atomic mass is 19.1. The largest absolute Gasteiger partial charge is 0.365 e. The molecule has 1 fully saturated rings. The van der Waals surface area contributed by atoms with E-state index >= 15 is 0 Å². The number of halogens is 1. The molecule has 156 valence electrons. The number of anilines is 3. The van der Waals surface area contributed by atoms with E-state index in [0.29, 0.717) is 11.6 Å². The highest BCUT2D eigenvalue weighted by Gasteiger charge is 2.28. The van der Waals surface area contributed by atoms with E-state index in [1.54, 1.807) is 6.20 Å². The number of hydrogen-bond acceptors (Lipinski definition) is 6. The van der Waals surface area contributed by atoms with Gasteiger partial charge in [-0.1, -0.05) is 18.9 Å². The zero-order valence-electron chi connectivity index (χ0n) is 16.7. The minimum absolute atomic E-state index is 0.0242. The van der Waals surface area contributed by atoms with Crippen molar-refractivity contribution in [1.29, 1.82) is 0 Å². The summed E-state index contributed by atoms with van der Waals surface area (Å²) in [6.07, 6.45) is 4.92. The summed E-state index contributed by atoms with van der Waals surface area (Å²) in [4.78, 5) is 20.5. The van der Waals surface area contributed by atoms with Gasteiger partial charge in [0.2, 0.25) is 0 Å². The smallest absolute Gasteiger partial charge is 0.252 e. The van der Waals surface area contributed by atoms with Gasteiger partial charge in [0, 0.05) is 29.4 Å². The van der Waals surface area contributed by atoms with Crippen LogP contribution in [0.2, 0.25) is 0 Å². The second kappa shape index (κ2) is 8.23. The van der Waals surface area contributed by atoms with Gasteiger partial charge < -0.3 is 22.1 Å². The number of nitrogens with one attached hydrogen (secondary N) is 2. The Morgan fingerprint density at radius 2 is 2.07 bits per heavy atom. The lowest BCUT2D eigenvalue weighted by molar-refractivity contribution is 0.100. The lowest BCUT2D eigenvalue weighted by atomic mass is 10.0. The van der Waals surface area contributed by atoms with Crippen LogP contribution in [0, 0.1) is 11.7 Å². The fraction of sp³-hybridized carbons (Fsp3) is 0.318. The molecule has 0 radical (unpaired) electrons. The summed E-state index contributed by atoms with van der Waals surface area (Å²) in [6, 6.07) is 10.1. The first-order chi connectivity index (χ1) is 14.4. The summed E-state index contributed by atoms with van der Waals surface area (Å²) in [5.41, 5.74) is 13.1. The number of pyridine rings is 2. The number of benzene rings is 1. The number of nitrogens with zero attached hydrogens (tertiary/aromatic N) is 2. The lowest BCUT2D eigenvalue weighted by Gasteiger charge is -2.24. The number of fused-ring (bicyclic) bond motifs is 1. The number of carbonyl (C=O) groups is 1. The summed E-state index contributed by atoms with van der Waals surface area (Å²) in [6.45, 7) is 1.89. The Kier molecular flexibility index (Phi) is 5.50. The topological polar surface area (TPSA) is 119 Å². The first-order valence-electron chi connectivity index (χ1n) is 10.0. The van der Waals surface area contributed by atoms with Crippen molar-refractivity contribution >= 4 is 34.1 Å². The highest BCUT2D eigenvalue weighted by molar-refractivity contribution is 5.99. The van der Waals surface area contributed by atoms with Crippen LogP contribution in [-0.4, -0.2) is 28.0 Å². The molecule has 0 bridgehead atoms. The van der Waals surface area contributed by atoms with Crippen molar-refractivity contribution in [3.05, 3.63) is 54.0 Å². The second-order valence-electron chi connectivity index (χ2n) is 7.90. The molecule has 0 spiro atoms. The van der Waals surface area contributed by atoms with E-state index in [9.17, 15) is 9.18 Å². The van der Waals surface area contributed by atoms with E-state index < -0.39 is 11.7 Å². The number of hydrogen-bond donors (Lipinski definition) is 4. The maximum atomic E-state index is 14.7. The standard InChI is InChI=1S/C22H25FN6O/c1-12(24)19(9-13-4-5-13)28-22-17(23)11-16(20(25)30)21(29-22)27-15-6-7-18-14(10-15)3-2-8-26-18/h2-3,6-8,10-13,19H,4-5,9,24H2,1H3,(H2,25,30)(H2,27,28,29)/t12-,19?/m0/s1. The molecule has 2 atom stereocenters. The molecule has 1 aromatic carbocycles. The Balaban J connectivity index is 1.65. The summed E-state index contributed by atoms with van der Waals surface area (Å²) < 4.78 is 14.7.